The van der Waals surface area contributed by atoms with Gasteiger partial charge in [0.05, 0.1) is 29.3 Å². The molecule has 10 heteroatoms. The number of benzene rings is 1. The van der Waals surface area contributed by atoms with Crippen molar-refractivity contribution < 1.29 is 28.2 Å². The molecule has 0 aliphatic carbocycles. The summed E-state index contributed by atoms with van der Waals surface area (Å²) >= 11 is 0. The minimum Gasteiger partial charge on any atom is -0.491 e. The molecule has 0 radical (unpaired) electrons. The number of carbonyl (C=O) groups is 2. The molecule has 0 unspecified atom stereocenters. The second-order valence-electron chi connectivity index (χ2n) is 12.1. The monoisotopic (exact) mass is 580 g/mol. The summed E-state index contributed by atoms with van der Waals surface area (Å²) in [7, 11) is 0. The van der Waals surface area contributed by atoms with E-state index in [1.165, 1.54) is 6.07 Å². The molecule has 5 rings (SSSR count). The first-order valence-corrected chi connectivity index (χ1v) is 15.0. The summed E-state index contributed by atoms with van der Waals surface area (Å²) in [6, 6.07) is 7.18. The first kappa shape index (κ1) is 29.9. The summed E-state index contributed by atoms with van der Waals surface area (Å²) in [5.41, 5.74) is 1.50. The Morgan fingerprint density at radius 2 is 1.90 bits per heavy atom. The van der Waals surface area contributed by atoms with Gasteiger partial charge in [0, 0.05) is 31.4 Å². The van der Waals surface area contributed by atoms with Crippen LogP contribution in [0.2, 0.25) is 0 Å². The minimum absolute atomic E-state index is 0.0384. The lowest BCUT2D eigenvalue weighted by Gasteiger charge is -2.45. The molecule has 42 heavy (non-hydrogen) atoms. The van der Waals surface area contributed by atoms with Crippen LogP contribution in [0, 0.1) is 11.7 Å². The van der Waals surface area contributed by atoms with Crippen LogP contribution in [-0.4, -0.2) is 57.2 Å². The standard InChI is InChI=1S/C32H41FN4O5/c1-20(2)30(39)41-19-36-27-16-23(33)18-34-28(27)35-31(36)32(5)12-6-7-13-37(32)29(38)26-17-24(42-21(3)4)8-9-25(26)22-10-14-40-15-11-22/h8-9,16-18,20-22H,6-7,10-15,19H2,1-5H3/t32-/m0/s1. The van der Waals surface area contributed by atoms with Gasteiger partial charge in [-0.25, -0.2) is 14.4 Å². The number of carbonyl (C=O) groups excluding carboxylic acids is 2. The summed E-state index contributed by atoms with van der Waals surface area (Å²) < 4.78 is 33.3. The van der Waals surface area contributed by atoms with Gasteiger partial charge in [0.15, 0.2) is 12.4 Å². The molecule has 1 amide bonds. The van der Waals surface area contributed by atoms with E-state index in [0.717, 1.165) is 37.4 Å². The van der Waals surface area contributed by atoms with Crippen LogP contribution in [0.5, 0.6) is 5.75 Å². The highest BCUT2D eigenvalue weighted by Gasteiger charge is 2.44. The highest BCUT2D eigenvalue weighted by Crippen LogP contribution is 2.41. The molecule has 2 aliphatic rings. The van der Waals surface area contributed by atoms with E-state index >= 15 is 0 Å². The fourth-order valence-corrected chi connectivity index (χ4v) is 6.07. The molecule has 2 fully saturated rings. The highest BCUT2D eigenvalue weighted by atomic mass is 19.1. The number of pyridine rings is 1. The van der Waals surface area contributed by atoms with Gasteiger partial charge in [0.2, 0.25) is 0 Å². The zero-order valence-corrected chi connectivity index (χ0v) is 25.2. The maximum Gasteiger partial charge on any atom is 0.310 e. The number of aromatic nitrogens is 3. The molecule has 1 aromatic carbocycles. The molecule has 3 aromatic rings. The summed E-state index contributed by atoms with van der Waals surface area (Å²) in [5.74, 6) is 0.0363. The fourth-order valence-electron chi connectivity index (χ4n) is 6.07. The Bertz CT molecular complexity index is 1450. The number of imidazole rings is 1. The average Bonchev–Trinajstić information content (AvgIpc) is 3.34. The van der Waals surface area contributed by atoms with Gasteiger partial charge < -0.3 is 19.1 Å². The third kappa shape index (κ3) is 6.00. The van der Waals surface area contributed by atoms with Crippen LogP contribution in [0.15, 0.2) is 30.5 Å². The molecule has 0 saturated carbocycles. The van der Waals surface area contributed by atoms with Crippen LogP contribution in [-0.2, 0) is 26.5 Å². The zero-order chi connectivity index (χ0) is 30.0. The van der Waals surface area contributed by atoms with Gasteiger partial charge in [-0.1, -0.05) is 19.9 Å². The van der Waals surface area contributed by atoms with E-state index < -0.39 is 11.4 Å². The molecule has 9 nitrogen and oxygen atoms in total. The van der Waals surface area contributed by atoms with Gasteiger partial charge in [0.25, 0.3) is 5.91 Å². The number of piperidine rings is 1. The van der Waals surface area contributed by atoms with E-state index in [2.05, 4.69) is 4.98 Å². The largest absolute Gasteiger partial charge is 0.491 e. The molecule has 0 spiro atoms. The van der Waals surface area contributed by atoms with Gasteiger partial charge in [-0.05, 0) is 76.5 Å². The Balaban J connectivity index is 1.60. The Kier molecular flexibility index (Phi) is 8.82. The predicted molar refractivity (Wildman–Crippen MR) is 156 cm³/mol. The first-order chi connectivity index (χ1) is 20.1. The SMILES string of the molecule is CC(C)Oc1ccc(C2CCOCC2)c(C(=O)N2CCCC[C@@]2(C)c2nc3ncc(F)cc3n2COC(=O)C(C)C)c1. The van der Waals surface area contributed by atoms with E-state index in [0.29, 0.717) is 54.5 Å². The summed E-state index contributed by atoms with van der Waals surface area (Å²) in [6.45, 7) is 11.1. The lowest BCUT2D eigenvalue weighted by molar-refractivity contribution is -0.151. The van der Waals surface area contributed by atoms with Gasteiger partial charge >= 0.3 is 5.97 Å². The average molecular weight is 581 g/mol. The number of halogens is 1. The molecule has 0 bridgehead atoms. The molecule has 4 heterocycles. The van der Waals surface area contributed by atoms with Crippen LogP contribution < -0.4 is 4.74 Å². The Labute approximate surface area is 246 Å². The van der Waals surface area contributed by atoms with Crippen molar-refractivity contribution in [1.29, 1.82) is 0 Å². The van der Waals surface area contributed by atoms with Crippen molar-refractivity contribution in [2.45, 2.75) is 91.0 Å². The third-order valence-electron chi connectivity index (χ3n) is 8.29. The van der Waals surface area contributed by atoms with Crippen LogP contribution in [0.4, 0.5) is 4.39 Å². The number of esters is 1. The van der Waals surface area contributed by atoms with Gasteiger partial charge in [-0.15, -0.1) is 0 Å². The second kappa shape index (κ2) is 12.4. The maximum atomic E-state index is 14.7. The molecule has 2 aromatic heterocycles. The lowest BCUT2D eigenvalue weighted by atomic mass is 9.84. The number of amides is 1. The normalized spacial score (nSPS) is 20.0. The number of likely N-dealkylation sites (tertiary alicyclic amines) is 1. The topological polar surface area (TPSA) is 95.8 Å². The minimum atomic E-state index is -0.862. The first-order valence-electron chi connectivity index (χ1n) is 15.0. The summed E-state index contributed by atoms with van der Waals surface area (Å²) in [4.78, 5) is 38.0. The smallest absolute Gasteiger partial charge is 0.310 e. The predicted octanol–water partition coefficient (Wildman–Crippen LogP) is 5.95. The van der Waals surface area contributed by atoms with Gasteiger partial charge in [-0.3, -0.25) is 14.2 Å². The molecule has 2 saturated heterocycles. The van der Waals surface area contributed by atoms with Crippen LogP contribution >= 0.6 is 0 Å². The van der Waals surface area contributed by atoms with Crippen molar-refractivity contribution in [2.24, 2.45) is 5.92 Å². The number of hydrogen-bond donors (Lipinski definition) is 0. The number of ether oxygens (including phenoxy) is 3. The third-order valence-corrected chi connectivity index (χ3v) is 8.29. The van der Waals surface area contributed by atoms with Gasteiger partial charge in [0.1, 0.15) is 17.4 Å². The molecular weight excluding hydrogens is 539 g/mol. The zero-order valence-electron chi connectivity index (χ0n) is 25.2. The molecule has 0 N–H and O–H groups in total. The number of nitrogens with zero attached hydrogens (tertiary/aromatic N) is 4. The van der Waals surface area contributed by atoms with E-state index in [-0.39, 0.29) is 36.5 Å². The molecule has 2 aliphatic heterocycles. The van der Waals surface area contributed by atoms with Crippen LogP contribution in [0.3, 0.4) is 0 Å². The lowest BCUT2D eigenvalue weighted by Crippen LogP contribution is -2.52. The molecular formula is C32H41FN4O5. The van der Waals surface area contributed by atoms with E-state index in [1.54, 1.807) is 18.4 Å². The number of hydrogen-bond acceptors (Lipinski definition) is 7. The quantitative estimate of drug-likeness (QED) is 0.304. The Morgan fingerprint density at radius 3 is 2.62 bits per heavy atom. The van der Waals surface area contributed by atoms with Crippen molar-refractivity contribution >= 4 is 23.0 Å². The Morgan fingerprint density at radius 1 is 1.14 bits per heavy atom. The highest BCUT2D eigenvalue weighted by molar-refractivity contribution is 5.97. The van der Waals surface area contributed by atoms with E-state index in [1.807, 2.05) is 43.9 Å². The van der Waals surface area contributed by atoms with Gasteiger partial charge in [-0.2, -0.15) is 0 Å². The number of fused-ring (bicyclic) bond motifs is 1. The second-order valence-corrected chi connectivity index (χ2v) is 12.1. The van der Waals surface area contributed by atoms with Crippen LogP contribution in [0.1, 0.15) is 94.4 Å². The van der Waals surface area contributed by atoms with Crippen molar-refractivity contribution in [3.63, 3.8) is 0 Å². The molecule has 1 atom stereocenters. The summed E-state index contributed by atoms with van der Waals surface area (Å²) in [5, 5.41) is 0. The van der Waals surface area contributed by atoms with Crippen molar-refractivity contribution in [1.82, 2.24) is 19.4 Å². The summed E-state index contributed by atoms with van der Waals surface area (Å²) in [6.07, 6.45) is 5.12. The number of rotatable bonds is 8. The van der Waals surface area contributed by atoms with Crippen LogP contribution in [0.25, 0.3) is 11.2 Å². The van der Waals surface area contributed by atoms with E-state index in [4.69, 9.17) is 19.2 Å². The van der Waals surface area contributed by atoms with Crippen molar-refractivity contribution in [2.75, 3.05) is 19.8 Å². The maximum absolute atomic E-state index is 14.7. The van der Waals surface area contributed by atoms with Crippen molar-refractivity contribution in [3.8, 4) is 5.75 Å². The van der Waals surface area contributed by atoms with E-state index in [9.17, 15) is 14.0 Å². The Hall–Kier alpha value is -3.53. The fraction of sp³-hybridized carbons (Fsp3) is 0.562. The van der Waals surface area contributed by atoms with Crippen molar-refractivity contribution in [3.05, 3.63) is 53.2 Å². The molecule has 226 valence electrons.